The van der Waals surface area contributed by atoms with E-state index in [4.69, 9.17) is 0 Å². The molecule has 2 fully saturated rings. The van der Waals surface area contributed by atoms with Gasteiger partial charge in [-0.05, 0) is 31.2 Å². The van der Waals surface area contributed by atoms with E-state index < -0.39 is 12.1 Å². The van der Waals surface area contributed by atoms with Gasteiger partial charge < -0.3 is 15.3 Å². The minimum Gasteiger partial charge on any atom is -0.386 e. The SMILES string of the molecule is O=C(CN1C(=O)CNC1=O)N1CCCn2nc(C(O)C3CCC3)cc2C1. The van der Waals surface area contributed by atoms with Crippen LogP contribution in [-0.2, 0) is 22.7 Å². The number of urea groups is 1. The highest BCUT2D eigenvalue weighted by molar-refractivity contribution is 6.04. The molecule has 2 N–H and O–H groups in total. The van der Waals surface area contributed by atoms with Crippen molar-refractivity contribution in [2.75, 3.05) is 19.6 Å². The van der Waals surface area contributed by atoms with Gasteiger partial charge in [0.15, 0.2) is 0 Å². The molecule has 2 aliphatic heterocycles. The molecule has 1 unspecified atom stereocenters. The second-order valence-electron chi connectivity index (χ2n) is 7.23. The number of aliphatic hydroxyl groups excluding tert-OH is 1. The molecule has 9 nitrogen and oxygen atoms in total. The molecule has 140 valence electrons. The summed E-state index contributed by atoms with van der Waals surface area (Å²) < 4.78 is 1.86. The highest BCUT2D eigenvalue weighted by atomic mass is 16.3. The van der Waals surface area contributed by atoms with Crippen LogP contribution in [0.3, 0.4) is 0 Å². The maximum absolute atomic E-state index is 12.6. The number of aryl methyl sites for hydroxylation is 1. The molecule has 0 aromatic carbocycles. The molecule has 9 heteroatoms. The first-order valence-corrected chi connectivity index (χ1v) is 9.13. The van der Waals surface area contributed by atoms with Crippen LogP contribution >= 0.6 is 0 Å². The number of amides is 4. The van der Waals surface area contributed by atoms with Crippen LogP contribution in [0.5, 0.6) is 0 Å². The van der Waals surface area contributed by atoms with Crippen LogP contribution in [0.2, 0.25) is 0 Å². The first kappa shape index (κ1) is 17.0. The Kier molecular flexibility index (Phi) is 4.39. The number of aromatic nitrogens is 2. The number of nitrogens with one attached hydrogen (secondary N) is 1. The van der Waals surface area contributed by atoms with Crippen molar-refractivity contribution >= 4 is 17.8 Å². The molecule has 1 saturated carbocycles. The Balaban J connectivity index is 1.45. The number of aliphatic hydroxyl groups is 1. The molecule has 1 aromatic heterocycles. The number of imide groups is 1. The summed E-state index contributed by atoms with van der Waals surface area (Å²) in [6.07, 6.45) is 3.40. The molecule has 1 saturated heterocycles. The van der Waals surface area contributed by atoms with Crippen molar-refractivity contribution in [1.82, 2.24) is 24.9 Å². The first-order chi connectivity index (χ1) is 12.5. The van der Waals surface area contributed by atoms with Gasteiger partial charge in [0.05, 0.1) is 24.5 Å². The molecule has 3 heterocycles. The van der Waals surface area contributed by atoms with Gasteiger partial charge in [0.1, 0.15) is 12.6 Å². The fourth-order valence-corrected chi connectivity index (χ4v) is 3.69. The number of nitrogens with zero attached hydrogens (tertiary/aromatic N) is 4. The molecule has 4 rings (SSSR count). The van der Waals surface area contributed by atoms with E-state index in [9.17, 15) is 19.5 Å². The summed E-state index contributed by atoms with van der Waals surface area (Å²) in [6.45, 7) is 1.30. The monoisotopic (exact) mass is 361 g/mol. The smallest absolute Gasteiger partial charge is 0.325 e. The van der Waals surface area contributed by atoms with Crippen molar-refractivity contribution in [3.8, 4) is 0 Å². The number of hydrogen-bond acceptors (Lipinski definition) is 5. The van der Waals surface area contributed by atoms with Crippen LogP contribution in [0, 0.1) is 5.92 Å². The van der Waals surface area contributed by atoms with E-state index in [0.717, 1.165) is 36.3 Å². The Morgan fingerprint density at radius 2 is 2.12 bits per heavy atom. The minimum atomic E-state index is -0.543. The van der Waals surface area contributed by atoms with Crippen LogP contribution in [0.25, 0.3) is 0 Å². The van der Waals surface area contributed by atoms with Crippen molar-refractivity contribution in [1.29, 1.82) is 0 Å². The second kappa shape index (κ2) is 6.71. The van der Waals surface area contributed by atoms with Crippen LogP contribution in [0.4, 0.5) is 4.79 Å². The van der Waals surface area contributed by atoms with Crippen molar-refractivity contribution in [3.63, 3.8) is 0 Å². The molecular formula is C17H23N5O4. The van der Waals surface area contributed by atoms with Crippen LogP contribution in [0.1, 0.15) is 43.2 Å². The standard InChI is InChI=1S/C17H23N5O4/c23-14-8-18-17(26)21(14)10-15(24)20-5-2-6-22-12(9-20)7-13(19-22)16(25)11-3-1-4-11/h7,11,16,25H,1-6,8-10H2,(H,18,26). The molecule has 0 radical (unpaired) electrons. The number of fused-ring (bicyclic) bond motifs is 1. The van der Waals surface area contributed by atoms with Gasteiger partial charge in [-0.1, -0.05) is 6.42 Å². The van der Waals surface area contributed by atoms with E-state index >= 15 is 0 Å². The van der Waals surface area contributed by atoms with Gasteiger partial charge in [-0.25, -0.2) is 4.79 Å². The van der Waals surface area contributed by atoms with Crippen LogP contribution in [0.15, 0.2) is 6.07 Å². The molecule has 3 aliphatic rings. The van der Waals surface area contributed by atoms with Crippen molar-refractivity contribution in [3.05, 3.63) is 17.5 Å². The molecule has 4 amide bonds. The Morgan fingerprint density at radius 3 is 2.77 bits per heavy atom. The van der Waals surface area contributed by atoms with E-state index in [2.05, 4.69) is 10.4 Å². The van der Waals surface area contributed by atoms with E-state index in [1.165, 1.54) is 0 Å². The largest absolute Gasteiger partial charge is 0.386 e. The van der Waals surface area contributed by atoms with Gasteiger partial charge in [-0.3, -0.25) is 19.2 Å². The summed E-state index contributed by atoms with van der Waals surface area (Å²) >= 11 is 0. The zero-order valence-electron chi connectivity index (χ0n) is 14.6. The number of rotatable bonds is 4. The maximum atomic E-state index is 12.6. The van der Waals surface area contributed by atoms with E-state index in [1.807, 2.05) is 10.7 Å². The summed E-state index contributed by atoms with van der Waals surface area (Å²) in [6, 6.07) is 1.36. The lowest BCUT2D eigenvalue weighted by Gasteiger charge is -2.29. The van der Waals surface area contributed by atoms with Gasteiger partial charge in [-0.15, -0.1) is 0 Å². The topological polar surface area (TPSA) is 108 Å². The number of carbonyl (C=O) groups excluding carboxylic acids is 3. The Hall–Kier alpha value is -2.42. The third-order valence-corrected chi connectivity index (χ3v) is 5.52. The van der Waals surface area contributed by atoms with Crippen molar-refractivity contribution in [2.45, 2.75) is 44.9 Å². The lowest BCUT2D eigenvalue weighted by Crippen LogP contribution is -2.42. The van der Waals surface area contributed by atoms with E-state index in [-0.39, 0.29) is 30.8 Å². The maximum Gasteiger partial charge on any atom is 0.325 e. The van der Waals surface area contributed by atoms with Gasteiger partial charge in [0.2, 0.25) is 5.91 Å². The second-order valence-corrected chi connectivity index (χ2v) is 7.23. The van der Waals surface area contributed by atoms with Gasteiger partial charge in [0, 0.05) is 13.1 Å². The summed E-state index contributed by atoms with van der Waals surface area (Å²) in [5, 5.41) is 17.4. The summed E-state index contributed by atoms with van der Waals surface area (Å²) in [5.74, 6) is -0.355. The van der Waals surface area contributed by atoms with E-state index in [0.29, 0.717) is 25.3 Å². The van der Waals surface area contributed by atoms with Crippen molar-refractivity contribution in [2.24, 2.45) is 5.92 Å². The van der Waals surface area contributed by atoms with Crippen LogP contribution < -0.4 is 5.32 Å². The molecule has 1 atom stereocenters. The van der Waals surface area contributed by atoms with Crippen LogP contribution in [-0.4, -0.2) is 62.2 Å². The average molecular weight is 361 g/mol. The molecule has 0 spiro atoms. The highest BCUT2D eigenvalue weighted by Gasteiger charge is 2.33. The summed E-state index contributed by atoms with van der Waals surface area (Å²) in [7, 11) is 0. The molecule has 0 bridgehead atoms. The minimum absolute atomic E-state index is 0.0543. The van der Waals surface area contributed by atoms with Crippen molar-refractivity contribution < 1.29 is 19.5 Å². The Labute approximate surface area is 150 Å². The highest BCUT2D eigenvalue weighted by Crippen LogP contribution is 2.37. The van der Waals surface area contributed by atoms with Gasteiger partial charge in [0.25, 0.3) is 5.91 Å². The number of carbonyl (C=O) groups is 3. The lowest BCUT2D eigenvalue weighted by molar-refractivity contribution is -0.136. The third-order valence-electron chi connectivity index (χ3n) is 5.52. The Bertz CT molecular complexity index is 726. The first-order valence-electron chi connectivity index (χ1n) is 9.13. The zero-order valence-corrected chi connectivity index (χ0v) is 14.6. The van der Waals surface area contributed by atoms with E-state index in [1.54, 1.807) is 4.90 Å². The third kappa shape index (κ3) is 3.07. The summed E-state index contributed by atoms with van der Waals surface area (Å²) in [4.78, 5) is 38.5. The fraction of sp³-hybridized carbons (Fsp3) is 0.647. The predicted octanol–water partition coefficient (Wildman–Crippen LogP) is 0.000700. The Morgan fingerprint density at radius 1 is 1.31 bits per heavy atom. The molecule has 1 aromatic rings. The fourth-order valence-electron chi connectivity index (χ4n) is 3.69. The average Bonchev–Trinajstić information content (AvgIpc) is 3.03. The number of hydrogen-bond donors (Lipinski definition) is 2. The zero-order chi connectivity index (χ0) is 18.3. The van der Waals surface area contributed by atoms with Gasteiger partial charge in [-0.2, -0.15) is 5.10 Å². The molecule has 26 heavy (non-hydrogen) atoms. The lowest BCUT2D eigenvalue weighted by atomic mass is 9.80. The molecule has 1 aliphatic carbocycles. The van der Waals surface area contributed by atoms with Gasteiger partial charge >= 0.3 is 6.03 Å². The quantitative estimate of drug-likeness (QED) is 0.734. The predicted molar refractivity (Wildman–Crippen MR) is 89.7 cm³/mol. The summed E-state index contributed by atoms with van der Waals surface area (Å²) in [5.41, 5.74) is 1.55. The molecular weight excluding hydrogens is 338 g/mol. The normalized spacial score (nSPS) is 21.9.